The average Bonchev–Trinajstić information content (AvgIpc) is 2.95. The molecule has 1 aliphatic rings. The number of hydrogen-bond acceptors (Lipinski definition) is 4. The first-order valence-corrected chi connectivity index (χ1v) is 8.89. The fourth-order valence-electron chi connectivity index (χ4n) is 2.78. The maximum atomic E-state index is 11.7. The minimum atomic E-state index is -0.00913. The van der Waals surface area contributed by atoms with Crippen molar-refractivity contribution < 1.29 is 9.53 Å². The third kappa shape index (κ3) is 10.2. The van der Waals surface area contributed by atoms with Crippen LogP contribution in [0.25, 0.3) is 0 Å². The van der Waals surface area contributed by atoms with Crippen LogP contribution < -0.4 is 10.6 Å². The highest BCUT2D eigenvalue weighted by atomic mass is 127. The van der Waals surface area contributed by atoms with Gasteiger partial charge in [-0.1, -0.05) is 13.8 Å². The molecule has 0 unspecified atom stereocenters. The normalized spacial score (nSPS) is 18.2. The van der Waals surface area contributed by atoms with Crippen LogP contribution in [-0.4, -0.2) is 88.2 Å². The summed E-state index contributed by atoms with van der Waals surface area (Å²) in [4.78, 5) is 20.2. The van der Waals surface area contributed by atoms with E-state index in [4.69, 9.17) is 4.74 Å². The van der Waals surface area contributed by atoms with Crippen molar-refractivity contribution in [2.75, 3.05) is 60.5 Å². The summed E-state index contributed by atoms with van der Waals surface area (Å²) in [6, 6.07) is 0.534. The fourth-order valence-corrected chi connectivity index (χ4v) is 2.78. The number of nitrogens with zero attached hydrogens (tertiary/aromatic N) is 3. The Hall–Kier alpha value is -0.610. The number of halogens is 1. The molecule has 148 valence electrons. The number of ether oxygens (including phenoxy) is 1. The summed E-state index contributed by atoms with van der Waals surface area (Å²) in [5.41, 5.74) is 0. The van der Waals surface area contributed by atoms with Crippen LogP contribution in [0, 0.1) is 5.92 Å². The molecule has 0 bridgehead atoms. The number of nitrogens with one attached hydrogen (secondary N) is 2. The van der Waals surface area contributed by atoms with Gasteiger partial charge < -0.3 is 20.3 Å². The number of carbonyl (C=O) groups is 1. The second-order valence-corrected chi connectivity index (χ2v) is 6.94. The molecule has 2 N–H and O–H groups in total. The van der Waals surface area contributed by atoms with Crippen molar-refractivity contribution in [2.24, 2.45) is 10.9 Å². The maximum Gasteiger partial charge on any atom is 0.243 e. The van der Waals surface area contributed by atoms with Gasteiger partial charge in [-0.15, -0.1) is 24.0 Å². The van der Waals surface area contributed by atoms with Crippen molar-refractivity contribution in [3.05, 3.63) is 0 Å². The largest absolute Gasteiger partial charge is 0.383 e. The van der Waals surface area contributed by atoms with Gasteiger partial charge in [-0.25, -0.2) is 4.99 Å². The molecule has 0 aliphatic carbocycles. The van der Waals surface area contributed by atoms with Crippen LogP contribution in [0.5, 0.6) is 0 Å². The lowest BCUT2D eigenvalue weighted by Crippen LogP contribution is -2.46. The molecule has 1 aliphatic heterocycles. The molecule has 0 radical (unpaired) electrons. The Kier molecular flexibility index (Phi) is 13.2. The SMILES string of the molecule is COCCNC(=NCC(=O)N(C)C)NC[C@H]1CCCN1CC(C)C.I. The molecular formula is C17H36IN5O2. The molecule has 1 saturated heterocycles. The minimum absolute atomic E-state index is 0. The Labute approximate surface area is 170 Å². The van der Waals surface area contributed by atoms with E-state index in [1.54, 1.807) is 26.1 Å². The van der Waals surface area contributed by atoms with Gasteiger partial charge >= 0.3 is 0 Å². The molecule has 0 spiro atoms. The lowest BCUT2D eigenvalue weighted by molar-refractivity contribution is -0.127. The third-order valence-electron chi connectivity index (χ3n) is 4.07. The highest BCUT2D eigenvalue weighted by Crippen LogP contribution is 2.17. The molecule has 0 aromatic carbocycles. The molecule has 1 fully saturated rings. The number of guanidine groups is 1. The molecule has 1 atom stereocenters. The molecule has 0 saturated carbocycles. The van der Waals surface area contributed by atoms with Crippen molar-refractivity contribution in [2.45, 2.75) is 32.7 Å². The summed E-state index contributed by atoms with van der Waals surface area (Å²) >= 11 is 0. The topological polar surface area (TPSA) is 69.2 Å². The van der Waals surface area contributed by atoms with Crippen LogP contribution in [0.3, 0.4) is 0 Å². The number of hydrogen-bond donors (Lipinski definition) is 2. The van der Waals surface area contributed by atoms with Gasteiger partial charge in [-0.2, -0.15) is 0 Å². The van der Waals surface area contributed by atoms with E-state index in [-0.39, 0.29) is 36.4 Å². The Balaban J connectivity index is 0.00000576. The lowest BCUT2D eigenvalue weighted by Gasteiger charge is -2.27. The van der Waals surface area contributed by atoms with Crippen molar-refractivity contribution in [3.8, 4) is 0 Å². The summed E-state index contributed by atoms with van der Waals surface area (Å²) in [6.45, 7) is 9.09. The van der Waals surface area contributed by atoms with E-state index < -0.39 is 0 Å². The van der Waals surface area contributed by atoms with Crippen molar-refractivity contribution >= 4 is 35.8 Å². The van der Waals surface area contributed by atoms with Crippen molar-refractivity contribution in [1.29, 1.82) is 0 Å². The number of aliphatic imine (C=N–C) groups is 1. The summed E-state index contributed by atoms with van der Waals surface area (Å²) in [5.74, 6) is 1.35. The summed E-state index contributed by atoms with van der Waals surface area (Å²) in [5, 5.41) is 6.61. The van der Waals surface area contributed by atoms with E-state index in [1.165, 1.54) is 19.4 Å². The van der Waals surface area contributed by atoms with Crippen LogP contribution in [0.1, 0.15) is 26.7 Å². The van der Waals surface area contributed by atoms with E-state index in [2.05, 4.69) is 34.4 Å². The van der Waals surface area contributed by atoms with E-state index >= 15 is 0 Å². The first-order valence-electron chi connectivity index (χ1n) is 8.89. The van der Waals surface area contributed by atoms with Crippen LogP contribution in [0.2, 0.25) is 0 Å². The predicted molar refractivity (Wildman–Crippen MR) is 114 cm³/mol. The minimum Gasteiger partial charge on any atom is -0.383 e. The quantitative estimate of drug-likeness (QED) is 0.228. The van der Waals surface area contributed by atoms with Crippen LogP contribution in [-0.2, 0) is 9.53 Å². The number of methoxy groups -OCH3 is 1. The first-order chi connectivity index (χ1) is 11.4. The Morgan fingerprint density at radius 1 is 1.36 bits per heavy atom. The monoisotopic (exact) mass is 469 g/mol. The van der Waals surface area contributed by atoms with Gasteiger partial charge in [-0.3, -0.25) is 9.69 Å². The summed E-state index contributed by atoms with van der Waals surface area (Å²) in [6.07, 6.45) is 2.46. The molecule has 0 aromatic rings. The highest BCUT2D eigenvalue weighted by molar-refractivity contribution is 14.0. The molecule has 0 aromatic heterocycles. The van der Waals surface area contributed by atoms with E-state index in [1.807, 2.05) is 0 Å². The molecular weight excluding hydrogens is 433 g/mol. The predicted octanol–water partition coefficient (Wildman–Crippen LogP) is 0.995. The smallest absolute Gasteiger partial charge is 0.243 e. The van der Waals surface area contributed by atoms with Gasteiger partial charge in [0.2, 0.25) is 5.91 Å². The lowest BCUT2D eigenvalue weighted by atomic mass is 10.1. The number of amides is 1. The van der Waals surface area contributed by atoms with Gasteiger partial charge in [0.15, 0.2) is 5.96 Å². The zero-order valence-electron chi connectivity index (χ0n) is 16.4. The molecule has 1 amide bonds. The Morgan fingerprint density at radius 2 is 2.08 bits per heavy atom. The van der Waals surface area contributed by atoms with E-state index in [9.17, 15) is 4.79 Å². The van der Waals surface area contributed by atoms with E-state index in [0.29, 0.717) is 31.1 Å². The number of likely N-dealkylation sites (tertiary alicyclic amines) is 1. The zero-order chi connectivity index (χ0) is 17.9. The zero-order valence-corrected chi connectivity index (χ0v) is 18.7. The second kappa shape index (κ2) is 13.6. The summed E-state index contributed by atoms with van der Waals surface area (Å²) < 4.78 is 5.07. The highest BCUT2D eigenvalue weighted by Gasteiger charge is 2.24. The number of likely N-dealkylation sites (N-methyl/N-ethyl adjacent to an activating group) is 1. The van der Waals surface area contributed by atoms with Gasteiger partial charge in [-0.05, 0) is 25.3 Å². The molecule has 1 heterocycles. The van der Waals surface area contributed by atoms with Crippen LogP contribution >= 0.6 is 24.0 Å². The Bertz CT molecular complexity index is 404. The average molecular weight is 469 g/mol. The second-order valence-electron chi connectivity index (χ2n) is 6.94. The van der Waals surface area contributed by atoms with Crippen molar-refractivity contribution in [3.63, 3.8) is 0 Å². The summed E-state index contributed by atoms with van der Waals surface area (Å²) in [7, 11) is 5.15. The molecule has 1 rings (SSSR count). The van der Waals surface area contributed by atoms with E-state index in [0.717, 1.165) is 13.1 Å². The van der Waals surface area contributed by atoms with Gasteiger partial charge in [0.05, 0.1) is 6.61 Å². The number of carbonyl (C=O) groups excluding carboxylic acids is 1. The molecule has 8 heteroatoms. The van der Waals surface area contributed by atoms with Gasteiger partial charge in [0.25, 0.3) is 0 Å². The van der Waals surface area contributed by atoms with Gasteiger partial charge in [0, 0.05) is 46.9 Å². The maximum absolute atomic E-state index is 11.7. The molecule has 7 nitrogen and oxygen atoms in total. The fraction of sp³-hybridized carbons (Fsp3) is 0.882. The first kappa shape index (κ1) is 24.4. The van der Waals surface area contributed by atoms with Gasteiger partial charge in [0.1, 0.15) is 6.54 Å². The van der Waals surface area contributed by atoms with Crippen LogP contribution in [0.4, 0.5) is 0 Å². The third-order valence-corrected chi connectivity index (χ3v) is 4.07. The number of rotatable bonds is 9. The molecule has 25 heavy (non-hydrogen) atoms. The van der Waals surface area contributed by atoms with Crippen LogP contribution in [0.15, 0.2) is 4.99 Å². The Morgan fingerprint density at radius 3 is 2.68 bits per heavy atom. The van der Waals surface area contributed by atoms with Crippen molar-refractivity contribution in [1.82, 2.24) is 20.4 Å². The standard InChI is InChI=1S/C17H35N5O2.HI/c1-14(2)13-22-9-6-7-15(22)11-19-17(18-8-10-24-5)20-12-16(23)21(3)4;/h14-15H,6-13H2,1-5H3,(H2,18,19,20);1H/t15-;/m1./s1.